The van der Waals surface area contributed by atoms with Gasteiger partial charge >= 0.3 is 5.97 Å². The average Bonchev–Trinajstić information content (AvgIpc) is 3.45. The van der Waals surface area contributed by atoms with Gasteiger partial charge in [-0.25, -0.2) is 9.48 Å². The number of aromatic nitrogens is 2. The number of para-hydroxylation sites is 2. The first-order chi connectivity index (χ1) is 14.6. The van der Waals surface area contributed by atoms with Crippen LogP contribution in [0.1, 0.15) is 17.4 Å². The number of thiophene rings is 1. The summed E-state index contributed by atoms with van der Waals surface area (Å²) in [5.41, 5.74) is 2.29. The molecule has 0 aliphatic carbocycles. The van der Waals surface area contributed by atoms with Crippen molar-refractivity contribution in [2.45, 2.75) is 13.0 Å². The molecule has 2 aromatic carbocycles. The van der Waals surface area contributed by atoms with Gasteiger partial charge in [-0.1, -0.05) is 42.5 Å². The molecule has 0 radical (unpaired) electrons. The number of hydrogen-bond donors (Lipinski definition) is 1. The smallest absolute Gasteiger partial charge is 0.357 e. The Balaban J connectivity index is 1.57. The van der Waals surface area contributed by atoms with E-state index >= 15 is 0 Å². The lowest BCUT2D eigenvalue weighted by Crippen LogP contribution is -2.30. The molecule has 0 spiro atoms. The van der Waals surface area contributed by atoms with Gasteiger partial charge in [0, 0.05) is 11.8 Å². The first-order valence-electron chi connectivity index (χ1n) is 9.38. The Morgan fingerprint density at radius 2 is 1.70 bits per heavy atom. The molecule has 150 valence electrons. The molecule has 6 nitrogen and oxygen atoms in total. The molecule has 2 heterocycles. The largest absolute Gasteiger partial charge is 0.448 e. The lowest BCUT2D eigenvalue weighted by Gasteiger charge is -2.14. The van der Waals surface area contributed by atoms with Crippen LogP contribution in [0.3, 0.4) is 0 Å². The predicted molar refractivity (Wildman–Crippen MR) is 117 cm³/mol. The zero-order valence-corrected chi connectivity index (χ0v) is 17.0. The Hall–Kier alpha value is -3.71. The molecule has 30 heavy (non-hydrogen) atoms. The Morgan fingerprint density at radius 3 is 2.37 bits per heavy atom. The zero-order chi connectivity index (χ0) is 20.9. The monoisotopic (exact) mass is 417 g/mol. The van der Waals surface area contributed by atoms with Gasteiger partial charge in [0.25, 0.3) is 5.91 Å². The van der Waals surface area contributed by atoms with Crippen LogP contribution < -0.4 is 5.32 Å². The van der Waals surface area contributed by atoms with Crippen molar-refractivity contribution in [2.75, 3.05) is 5.32 Å². The van der Waals surface area contributed by atoms with Crippen molar-refractivity contribution >= 4 is 28.9 Å². The van der Waals surface area contributed by atoms with E-state index in [4.69, 9.17) is 4.74 Å². The van der Waals surface area contributed by atoms with Crippen LogP contribution in [-0.4, -0.2) is 27.8 Å². The van der Waals surface area contributed by atoms with Crippen molar-refractivity contribution in [3.8, 4) is 16.3 Å². The number of benzene rings is 2. The van der Waals surface area contributed by atoms with E-state index < -0.39 is 18.0 Å². The van der Waals surface area contributed by atoms with E-state index in [-0.39, 0.29) is 5.69 Å². The first kappa shape index (κ1) is 19.6. The number of ether oxygens (including phenoxy) is 1. The number of hydrogen-bond acceptors (Lipinski definition) is 5. The second-order valence-corrected chi connectivity index (χ2v) is 7.49. The van der Waals surface area contributed by atoms with Gasteiger partial charge in [-0.05, 0) is 42.6 Å². The maximum absolute atomic E-state index is 12.9. The van der Waals surface area contributed by atoms with E-state index in [0.717, 1.165) is 10.6 Å². The van der Waals surface area contributed by atoms with Crippen molar-refractivity contribution in [3.63, 3.8) is 0 Å². The highest BCUT2D eigenvalue weighted by atomic mass is 32.1. The van der Waals surface area contributed by atoms with Crippen molar-refractivity contribution < 1.29 is 14.3 Å². The van der Waals surface area contributed by atoms with Crippen molar-refractivity contribution in [1.29, 1.82) is 0 Å². The fraction of sp³-hybridized carbons (Fsp3) is 0.0870. The van der Waals surface area contributed by atoms with Crippen LogP contribution in [0.15, 0.2) is 84.2 Å². The summed E-state index contributed by atoms with van der Waals surface area (Å²) in [6.45, 7) is 1.54. The second-order valence-electron chi connectivity index (χ2n) is 6.54. The molecule has 4 aromatic rings. The number of esters is 1. The van der Waals surface area contributed by atoms with Crippen LogP contribution in [0.4, 0.5) is 5.69 Å². The molecule has 1 amide bonds. The van der Waals surface area contributed by atoms with Crippen LogP contribution >= 0.6 is 11.3 Å². The average molecular weight is 417 g/mol. The molecule has 2 aromatic heterocycles. The maximum atomic E-state index is 12.9. The zero-order valence-electron chi connectivity index (χ0n) is 16.2. The molecular formula is C23H19N3O3S. The summed E-state index contributed by atoms with van der Waals surface area (Å²) in [6.07, 6.45) is -0.970. The van der Waals surface area contributed by atoms with E-state index in [2.05, 4.69) is 10.4 Å². The number of nitrogens with one attached hydrogen (secondary N) is 1. The summed E-state index contributed by atoms with van der Waals surface area (Å²) in [4.78, 5) is 26.3. The van der Waals surface area contributed by atoms with Gasteiger partial charge < -0.3 is 10.1 Å². The SMILES string of the molecule is C[C@@H](OC(=O)c1cc(-c2cccs2)nn1-c1ccccc1)C(=O)Nc1ccccc1. The minimum Gasteiger partial charge on any atom is -0.448 e. The molecule has 0 aliphatic rings. The van der Waals surface area contributed by atoms with Gasteiger partial charge in [0.1, 0.15) is 5.69 Å². The third-order valence-electron chi connectivity index (χ3n) is 4.39. The highest BCUT2D eigenvalue weighted by molar-refractivity contribution is 7.13. The molecule has 0 aliphatic heterocycles. The van der Waals surface area contributed by atoms with Gasteiger partial charge in [0.15, 0.2) is 11.8 Å². The molecule has 1 N–H and O–H groups in total. The number of nitrogens with zero attached hydrogens (tertiary/aromatic N) is 2. The molecule has 0 bridgehead atoms. The number of carbonyl (C=O) groups is 2. The molecular weight excluding hydrogens is 398 g/mol. The number of amides is 1. The molecule has 0 saturated heterocycles. The van der Waals surface area contributed by atoms with Crippen LogP contribution in [0.5, 0.6) is 0 Å². The Labute approximate surface area is 177 Å². The van der Waals surface area contributed by atoms with Crippen LogP contribution in [0.25, 0.3) is 16.3 Å². The molecule has 1 atom stereocenters. The Kier molecular flexibility index (Phi) is 5.72. The van der Waals surface area contributed by atoms with Gasteiger partial charge in [0.05, 0.1) is 10.6 Å². The third-order valence-corrected chi connectivity index (χ3v) is 5.28. The van der Waals surface area contributed by atoms with E-state index in [1.54, 1.807) is 29.8 Å². The molecule has 0 saturated carbocycles. The van der Waals surface area contributed by atoms with Crippen molar-refractivity contribution in [2.24, 2.45) is 0 Å². The summed E-state index contributed by atoms with van der Waals surface area (Å²) in [6, 6.07) is 23.9. The highest BCUT2D eigenvalue weighted by Gasteiger charge is 2.24. The maximum Gasteiger partial charge on any atom is 0.357 e. The van der Waals surface area contributed by atoms with E-state index in [1.165, 1.54) is 11.3 Å². The minimum absolute atomic E-state index is 0.254. The summed E-state index contributed by atoms with van der Waals surface area (Å²) < 4.78 is 7.00. The van der Waals surface area contributed by atoms with E-state index in [0.29, 0.717) is 11.4 Å². The lowest BCUT2D eigenvalue weighted by molar-refractivity contribution is -0.123. The van der Waals surface area contributed by atoms with Crippen LogP contribution in [0, 0.1) is 0 Å². The molecule has 0 unspecified atom stereocenters. The summed E-state index contributed by atoms with van der Waals surface area (Å²) in [5, 5.41) is 9.27. The fourth-order valence-corrected chi connectivity index (χ4v) is 3.56. The van der Waals surface area contributed by atoms with Gasteiger partial charge in [0.2, 0.25) is 0 Å². The standard InChI is InChI=1S/C23H19N3O3S/c1-16(22(27)24-17-9-4-2-5-10-17)29-23(28)20-15-19(21-13-8-14-30-21)25-26(20)18-11-6-3-7-12-18/h2-16H,1H3,(H,24,27)/t16-/m1/s1. The number of rotatable bonds is 6. The van der Waals surface area contributed by atoms with E-state index in [1.807, 2.05) is 66.0 Å². The normalized spacial score (nSPS) is 11.6. The lowest BCUT2D eigenvalue weighted by atomic mass is 10.3. The fourth-order valence-electron chi connectivity index (χ4n) is 2.88. The predicted octanol–water partition coefficient (Wildman–Crippen LogP) is 4.78. The topological polar surface area (TPSA) is 73.2 Å². The summed E-state index contributed by atoms with van der Waals surface area (Å²) >= 11 is 1.53. The number of carbonyl (C=O) groups excluding carboxylic acids is 2. The highest BCUT2D eigenvalue weighted by Crippen LogP contribution is 2.26. The van der Waals surface area contributed by atoms with Crippen molar-refractivity contribution in [3.05, 3.63) is 89.9 Å². The first-order valence-corrected chi connectivity index (χ1v) is 10.3. The third kappa shape index (κ3) is 4.31. The minimum atomic E-state index is -0.970. The quantitative estimate of drug-likeness (QED) is 0.458. The number of anilines is 1. The van der Waals surface area contributed by atoms with Gasteiger partial charge in [-0.2, -0.15) is 5.10 Å². The second kappa shape index (κ2) is 8.75. The van der Waals surface area contributed by atoms with Crippen LogP contribution in [0.2, 0.25) is 0 Å². The van der Waals surface area contributed by atoms with Gasteiger partial charge in [-0.15, -0.1) is 11.3 Å². The molecule has 0 fully saturated rings. The molecule has 4 rings (SSSR count). The van der Waals surface area contributed by atoms with Crippen LogP contribution in [-0.2, 0) is 9.53 Å². The van der Waals surface area contributed by atoms with E-state index in [9.17, 15) is 9.59 Å². The van der Waals surface area contributed by atoms with Gasteiger partial charge in [-0.3, -0.25) is 4.79 Å². The summed E-state index contributed by atoms with van der Waals surface area (Å²) in [7, 11) is 0. The Bertz CT molecular complexity index is 1140. The molecule has 7 heteroatoms. The summed E-state index contributed by atoms with van der Waals surface area (Å²) in [5.74, 6) is -1.02. The van der Waals surface area contributed by atoms with Crippen molar-refractivity contribution in [1.82, 2.24) is 9.78 Å². The Morgan fingerprint density at radius 1 is 1.00 bits per heavy atom.